The van der Waals surface area contributed by atoms with Crippen molar-refractivity contribution in [1.29, 1.82) is 0 Å². The number of ether oxygens (including phenoxy) is 1. The van der Waals surface area contributed by atoms with Gasteiger partial charge in [-0.2, -0.15) is 0 Å². The highest BCUT2D eigenvalue weighted by Crippen LogP contribution is 2.17. The molecular weight excluding hydrogens is 284 g/mol. The van der Waals surface area contributed by atoms with Crippen LogP contribution in [0.15, 0.2) is 53.1 Å². The second kappa shape index (κ2) is 6.44. The van der Waals surface area contributed by atoms with Crippen LogP contribution in [0.5, 0.6) is 0 Å². The van der Waals surface area contributed by atoms with Crippen LogP contribution in [0.2, 0.25) is 0 Å². The summed E-state index contributed by atoms with van der Waals surface area (Å²) in [5.74, 6) is -0.122. The average molecular weight is 300 g/mol. The first-order chi connectivity index (χ1) is 10.7. The summed E-state index contributed by atoms with van der Waals surface area (Å²) in [7, 11) is 0. The molecule has 1 atom stereocenters. The number of morpholine rings is 1. The van der Waals surface area contributed by atoms with Crippen molar-refractivity contribution in [3.63, 3.8) is 0 Å². The highest BCUT2D eigenvalue weighted by Gasteiger charge is 2.27. The van der Waals surface area contributed by atoms with Crippen LogP contribution in [0.25, 0.3) is 0 Å². The van der Waals surface area contributed by atoms with E-state index in [-0.39, 0.29) is 30.3 Å². The van der Waals surface area contributed by atoms with Crippen LogP contribution in [0.3, 0.4) is 0 Å². The van der Waals surface area contributed by atoms with Gasteiger partial charge in [0, 0.05) is 12.2 Å². The second-order valence-electron chi connectivity index (χ2n) is 4.96. The van der Waals surface area contributed by atoms with Gasteiger partial charge in [0.25, 0.3) is 11.8 Å². The lowest BCUT2D eigenvalue weighted by Gasteiger charge is -2.32. The molecular formula is C16H16N2O4. The number of nitrogens with one attached hydrogen (secondary N) is 1. The van der Waals surface area contributed by atoms with E-state index in [9.17, 15) is 9.59 Å². The molecule has 0 saturated carbocycles. The summed E-state index contributed by atoms with van der Waals surface area (Å²) < 4.78 is 10.5. The Morgan fingerprint density at radius 1 is 1.23 bits per heavy atom. The number of para-hydroxylation sites is 1. The molecule has 6 heteroatoms. The zero-order valence-electron chi connectivity index (χ0n) is 11.9. The van der Waals surface area contributed by atoms with Crippen molar-refractivity contribution in [1.82, 2.24) is 5.32 Å². The molecule has 2 amide bonds. The minimum atomic E-state index is -0.295. The Hall–Kier alpha value is -2.60. The van der Waals surface area contributed by atoms with Crippen molar-refractivity contribution in [2.75, 3.05) is 24.6 Å². The zero-order valence-corrected chi connectivity index (χ0v) is 11.9. The van der Waals surface area contributed by atoms with Crippen molar-refractivity contribution in [3.8, 4) is 0 Å². The Kier molecular flexibility index (Phi) is 4.20. The Morgan fingerprint density at radius 3 is 2.77 bits per heavy atom. The van der Waals surface area contributed by atoms with E-state index in [1.54, 1.807) is 17.0 Å². The first-order valence-electron chi connectivity index (χ1n) is 7.03. The minimum absolute atomic E-state index is 0.0101. The lowest BCUT2D eigenvalue weighted by atomic mass is 10.2. The van der Waals surface area contributed by atoms with E-state index in [4.69, 9.17) is 9.15 Å². The summed E-state index contributed by atoms with van der Waals surface area (Å²) in [6, 6.07) is 12.7. The fourth-order valence-electron chi connectivity index (χ4n) is 2.31. The SMILES string of the molecule is O=C(NCC1CN(c2ccccc2)C(=O)CO1)c1ccco1. The summed E-state index contributed by atoms with van der Waals surface area (Å²) in [4.78, 5) is 25.5. The molecule has 0 aliphatic carbocycles. The van der Waals surface area contributed by atoms with E-state index in [2.05, 4.69) is 5.32 Å². The molecule has 2 heterocycles. The molecule has 3 rings (SSSR count). The third kappa shape index (κ3) is 3.17. The van der Waals surface area contributed by atoms with E-state index >= 15 is 0 Å². The quantitative estimate of drug-likeness (QED) is 0.927. The average Bonchev–Trinajstić information content (AvgIpc) is 3.09. The third-order valence-electron chi connectivity index (χ3n) is 3.43. The minimum Gasteiger partial charge on any atom is -0.459 e. The maximum atomic E-state index is 12.0. The van der Waals surface area contributed by atoms with Gasteiger partial charge in [-0.3, -0.25) is 9.59 Å². The normalized spacial score (nSPS) is 18.3. The summed E-state index contributed by atoms with van der Waals surface area (Å²) >= 11 is 0. The van der Waals surface area contributed by atoms with Crippen LogP contribution in [0.1, 0.15) is 10.6 Å². The van der Waals surface area contributed by atoms with Gasteiger partial charge >= 0.3 is 0 Å². The summed E-state index contributed by atoms with van der Waals surface area (Å²) in [5, 5.41) is 2.75. The summed E-state index contributed by atoms with van der Waals surface area (Å²) in [6.45, 7) is 0.730. The lowest BCUT2D eigenvalue weighted by Crippen LogP contribution is -2.50. The molecule has 0 radical (unpaired) electrons. The third-order valence-corrected chi connectivity index (χ3v) is 3.43. The predicted molar refractivity (Wildman–Crippen MR) is 79.6 cm³/mol. The van der Waals surface area contributed by atoms with Gasteiger partial charge in [-0.05, 0) is 24.3 Å². The van der Waals surface area contributed by atoms with Gasteiger partial charge in [-0.15, -0.1) is 0 Å². The number of amides is 2. The van der Waals surface area contributed by atoms with Crippen molar-refractivity contribution in [2.45, 2.75) is 6.10 Å². The highest BCUT2D eigenvalue weighted by molar-refractivity contribution is 5.95. The standard InChI is InChI=1S/C16H16N2O4/c19-15-11-22-13(9-17-16(20)14-7-4-8-21-14)10-18(15)12-5-2-1-3-6-12/h1-8,13H,9-11H2,(H,17,20). The first kappa shape index (κ1) is 14.3. The number of hydrogen-bond donors (Lipinski definition) is 1. The number of rotatable bonds is 4. The molecule has 114 valence electrons. The van der Waals surface area contributed by atoms with Crippen LogP contribution in [0.4, 0.5) is 5.69 Å². The van der Waals surface area contributed by atoms with Gasteiger partial charge in [-0.25, -0.2) is 0 Å². The smallest absolute Gasteiger partial charge is 0.287 e. The van der Waals surface area contributed by atoms with E-state index in [0.29, 0.717) is 13.1 Å². The fraction of sp³-hybridized carbons (Fsp3) is 0.250. The molecule has 0 bridgehead atoms. The lowest BCUT2D eigenvalue weighted by molar-refractivity contribution is -0.129. The molecule has 1 aromatic carbocycles. The van der Waals surface area contributed by atoms with Gasteiger partial charge in [0.1, 0.15) is 6.61 Å². The maximum absolute atomic E-state index is 12.0. The number of benzene rings is 1. The molecule has 1 aromatic heterocycles. The van der Waals surface area contributed by atoms with Crippen LogP contribution >= 0.6 is 0 Å². The number of carbonyl (C=O) groups excluding carboxylic acids is 2. The molecule has 1 saturated heterocycles. The van der Waals surface area contributed by atoms with Crippen LogP contribution in [0, 0.1) is 0 Å². The maximum Gasteiger partial charge on any atom is 0.287 e. The zero-order chi connectivity index (χ0) is 15.4. The Bertz CT molecular complexity index is 639. The largest absolute Gasteiger partial charge is 0.459 e. The van der Waals surface area contributed by atoms with E-state index in [0.717, 1.165) is 5.69 Å². The predicted octanol–water partition coefficient (Wildman–Crippen LogP) is 1.44. The topological polar surface area (TPSA) is 71.8 Å². The molecule has 0 spiro atoms. The number of furan rings is 1. The van der Waals surface area contributed by atoms with Crippen LogP contribution in [-0.2, 0) is 9.53 Å². The molecule has 1 fully saturated rings. The van der Waals surface area contributed by atoms with Crippen molar-refractivity contribution in [2.24, 2.45) is 0 Å². The van der Waals surface area contributed by atoms with Crippen molar-refractivity contribution in [3.05, 3.63) is 54.5 Å². The molecule has 1 aliphatic heterocycles. The van der Waals surface area contributed by atoms with Crippen LogP contribution in [-0.4, -0.2) is 37.6 Å². The number of hydrogen-bond acceptors (Lipinski definition) is 4. The molecule has 1 aliphatic rings. The highest BCUT2D eigenvalue weighted by atomic mass is 16.5. The monoisotopic (exact) mass is 300 g/mol. The van der Waals surface area contributed by atoms with Crippen molar-refractivity contribution < 1.29 is 18.7 Å². The molecule has 6 nitrogen and oxygen atoms in total. The second-order valence-corrected chi connectivity index (χ2v) is 4.96. The molecule has 1 N–H and O–H groups in total. The van der Waals surface area contributed by atoms with Crippen LogP contribution < -0.4 is 10.2 Å². The summed E-state index contributed by atoms with van der Waals surface area (Å²) in [6.07, 6.45) is 1.19. The van der Waals surface area contributed by atoms with E-state index in [1.807, 2.05) is 30.3 Å². The number of anilines is 1. The molecule has 1 unspecified atom stereocenters. The Balaban J connectivity index is 1.59. The first-order valence-corrected chi connectivity index (χ1v) is 7.03. The van der Waals surface area contributed by atoms with Crippen molar-refractivity contribution >= 4 is 17.5 Å². The summed E-state index contributed by atoms with van der Waals surface area (Å²) in [5.41, 5.74) is 0.832. The van der Waals surface area contributed by atoms with E-state index in [1.165, 1.54) is 6.26 Å². The van der Waals surface area contributed by atoms with Gasteiger partial charge in [0.2, 0.25) is 0 Å². The van der Waals surface area contributed by atoms with Gasteiger partial charge in [0.15, 0.2) is 5.76 Å². The Labute approximate surface area is 127 Å². The Morgan fingerprint density at radius 2 is 2.05 bits per heavy atom. The number of nitrogens with zero attached hydrogens (tertiary/aromatic N) is 1. The molecule has 2 aromatic rings. The van der Waals surface area contributed by atoms with Gasteiger partial charge < -0.3 is 19.4 Å². The van der Waals surface area contributed by atoms with E-state index < -0.39 is 0 Å². The van der Waals surface area contributed by atoms with Gasteiger partial charge in [-0.1, -0.05) is 18.2 Å². The number of carbonyl (C=O) groups is 2. The fourth-order valence-corrected chi connectivity index (χ4v) is 2.31. The molecule has 22 heavy (non-hydrogen) atoms. The van der Waals surface area contributed by atoms with Gasteiger partial charge in [0.05, 0.1) is 18.9 Å².